The van der Waals surface area contributed by atoms with Crippen molar-refractivity contribution in [1.29, 1.82) is 0 Å². The normalized spacial score (nSPS) is 17.6. The maximum absolute atomic E-state index is 12.5. The van der Waals surface area contributed by atoms with Crippen molar-refractivity contribution in [2.24, 2.45) is 0 Å². The van der Waals surface area contributed by atoms with Gasteiger partial charge in [-0.05, 0) is 30.9 Å². The zero-order valence-electron chi connectivity index (χ0n) is 14.1. The molecule has 0 unspecified atom stereocenters. The molecule has 2 N–H and O–H groups in total. The number of rotatable bonds is 4. The Morgan fingerprint density at radius 2 is 1.71 bits per heavy atom. The number of carbonyl (C=O) groups is 1. The number of aryl methyl sites for hydroxylation is 1. The molecule has 0 aromatic heterocycles. The molecular formula is C20H24N2O2. The first kappa shape index (κ1) is 16.8. The molecule has 4 nitrogen and oxygen atoms in total. The lowest BCUT2D eigenvalue weighted by molar-refractivity contribution is -0.506. The van der Waals surface area contributed by atoms with Gasteiger partial charge < -0.3 is 10.7 Å². The Hall–Kier alpha value is -2.01. The molecule has 1 saturated heterocycles. The molecule has 1 heterocycles. The van der Waals surface area contributed by atoms with Crippen molar-refractivity contribution < 1.29 is 10.3 Å². The van der Waals surface area contributed by atoms with Crippen LogP contribution in [0.5, 0.6) is 0 Å². The van der Waals surface area contributed by atoms with Crippen LogP contribution in [0.1, 0.15) is 29.5 Å². The van der Waals surface area contributed by atoms with Crippen LogP contribution in [0.2, 0.25) is 0 Å². The number of piperidine rings is 1. The summed E-state index contributed by atoms with van der Waals surface area (Å²) in [7, 11) is 0. The van der Waals surface area contributed by atoms with Crippen LogP contribution in [0, 0.1) is 12.1 Å². The second-order valence-electron chi connectivity index (χ2n) is 6.69. The van der Waals surface area contributed by atoms with Gasteiger partial charge in [0, 0.05) is 19.6 Å². The minimum atomic E-state index is -0.650. The van der Waals surface area contributed by atoms with Crippen molar-refractivity contribution in [2.75, 3.05) is 13.1 Å². The third kappa shape index (κ3) is 3.41. The molecule has 1 amide bonds. The third-order valence-electron chi connectivity index (χ3n) is 5.14. The van der Waals surface area contributed by atoms with E-state index in [4.69, 9.17) is 0 Å². The maximum Gasteiger partial charge on any atom is 0.321 e. The molecule has 0 atom stereocenters. The number of hydrogen-bond donors (Lipinski definition) is 1. The van der Waals surface area contributed by atoms with Gasteiger partial charge in [-0.1, -0.05) is 60.2 Å². The van der Waals surface area contributed by atoms with Gasteiger partial charge in [0.1, 0.15) is 5.41 Å². The Morgan fingerprint density at radius 1 is 1.08 bits per heavy atom. The van der Waals surface area contributed by atoms with E-state index in [2.05, 4.69) is 17.0 Å². The quantitative estimate of drug-likeness (QED) is 0.876. The van der Waals surface area contributed by atoms with Gasteiger partial charge in [-0.2, -0.15) is 0 Å². The van der Waals surface area contributed by atoms with Crippen molar-refractivity contribution in [2.45, 2.75) is 31.7 Å². The molecule has 0 aliphatic carbocycles. The zero-order chi connectivity index (χ0) is 17.0. The molecular weight excluding hydrogens is 300 g/mol. The number of nitrogens with zero attached hydrogens (tertiary/aromatic N) is 1. The molecule has 126 valence electrons. The number of hydrogen-bond acceptors (Lipinski definition) is 3. The van der Waals surface area contributed by atoms with Crippen molar-refractivity contribution in [3.05, 3.63) is 76.5 Å². The number of likely N-dealkylation sites (tertiary alicyclic amines) is 1. The number of quaternary nitrogens is 1. The second kappa shape index (κ2) is 7.26. The summed E-state index contributed by atoms with van der Waals surface area (Å²) in [5, 5.41) is 11.3. The van der Waals surface area contributed by atoms with E-state index in [1.54, 1.807) is 0 Å². The van der Waals surface area contributed by atoms with E-state index in [9.17, 15) is 10.0 Å². The highest BCUT2D eigenvalue weighted by Crippen LogP contribution is 2.35. The lowest BCUT2D eigenvalue weighted by atomic mass is 9.72. The molecule has 2 aromatic rings. The van der Waals surface area contributed by atoms with Gasteiger partial charge in [-0.3, -0.25) is 4.90 Å². The van der Waals surface area contributed by atoms with E-state index < -0.39 is 5.41 Å². The smallest absolute Gasteiger partial charge is 0.321 e. The standard InChI is InChI=1S/C20H24N2O2/c1-16-7-9-18(10-8-16)20(19(23)21-24)11-13-22(14-12-20)15-17-5-3-2-4-6-17/h2-10H,11-15,21H2,1H3. The van der Waals surface area contributed by atoms with Crippen LogP contribution in [0.4, 0.5) is 0 Å². The van der Waals surface area contributed by atoms with Crippen LogP contribution in [0.15, 0.2) is 54.6 Å². The minimum absolute atomic E-state index is 0.286. The van der Waals surface area contributed by atoms with E-state index in [-0.39, 0.29) is 5.91 Å². The Balaban J connectivity index is 1.76. The molecule has 0 radical (unpaired) electrons. The van der Waals surface area contributed by atoms with Gasteiger partial charge in [0.15, 0.2) is 0 Å². The highest BCUT2D eigenvalue weighted by atomic mass is 16.5. The molecule has 0 bridgehead atoms. The van der Waals surface area contributed by atoms with Crippen LogP contribution in [0.25, 0.3) is 0 Å². The maximum atomic E-state index is 12.5. The highest BCUT2D eigenvalue weighted by molar-refractivity contribution is 5.80. The van der Waals surface area contributed by atoms with E-state index >= 15 is 0 Å². The average Bonchev–Trinajstić information content (AvgIpc) is 2.63. The third-order valence-corrected chi connectivity index (χ3v) is 5.14. The van der Waals surface area contributed by atoms with E-state index in [1.807, 2.05) is 49.4 Å². The Bertz CT molecular complexity index is 675. The van der Waals surface area contributed by atoms with Gasteiger partial charge >= 0.3 is 5.91 Å². The second-order valence-corrected chi connectivity index (χ2v) is 6.69. The first-order valence-corrected chi connectivity index (χ1v) is 8.47. The summed E-state index contributed by atoms with van der Waals surface area (Å²) in [6, 6.07) is 18.4. The first-order valence-electron chi connectivity index (χ1n) is 8.47. The molecule has 2 aromatic carbocycles. The molecule has 24 heavy (non-hydrogen) atoms. The number of amides is 1. The Labute approximate surface area is 143 Å². The van der Waals surface area contributed by atoms with E-state index in [0.29, 0.717) is 18.3 Å². The van der Waals surface area contributed by atoms with Gasteiger partial charge in [-0.15, -0.1) is 0 Å². The van der Waals surface area contributed by atoms with Crippen molar-refractivity contribution in [3.8, 4) is 0 Å². The Kier molecular flexibility index (Phi) is 5.09. The van der Waals surface area contributed by atoms with Crippen LogP contribution < -0.4 is 5.48 Å². The van der Waals surface area contributed by atoms with Crippen molar-refractivity contribution >= 4 is 5.91 Å². The predicted molar refractivity (Wildman–Crippen MR) is 94.1 cm³/mol. The topological polar surface area (TPSA) is 60.0 Å². The van der Waals surface area contributed by atoms with Crippen LogP contribution in [-0.2, 0) is 16.8 Å². The van der Waals surface area contributed by atoms with Gasteiger partial charge in [-0.25, -0.2) is 4.79 Å². The largest absolute Gasteiger partial charge is 0.628 e. The SMILES string of the molecule is Cc1ccc(C2(C(=O)[NH2+][O-])CCN(Cc3ccccc3)CC2)cc1. The summed E-state index contributed by atoms with van der Waals surface area (Å²) < 4.78 is 0. The number of nitrogens with two attached hydrogens (primary N) is 1. The van der Waals surface area contributed by atoms with Crippen LogP contribution in [-0.4, -0.2) is 23.9 Å². The van der Waals surface area contributed by atoms with E-state index in [0.717, 1.165) is 30.8 Å². The summed E-state index contributed by atoms with van der Waals surface area (Å²) in [5.74, 6) is -0.286. The highest BCUT2D eigenvalue weighted by Gasteiger charge is 2.44. The fourth-order valence-electron chi connectivity index (χ4n) is 3.60. The van der Waals surface area contributed by atoms with E-state index in [1.165, 1.54) is 5.56 Å². The summed E-state index contributed by atoms with van der Waals surface area (Å²) in [5.41, 5.74) is 3.27. The average molecular weight is 324 g/mol. The Morgan fingerprint density at radius 3 is 2.29 bits per heavy atom. The first-order chi connectivity index (χ1) is 11.6. The molecule has 3 rings (SSSR count). The fraction of sp³-hybridized carbons (Fsp3) is 0.350. The summed E-state index contributed by atoms with van der Waals surface area (Å²) in [6.45, 7) is 4.56. The molecule has 1 aliphatic rings. The molecule has 4 heteroatoms. The minimum Gasteiger partial charge on any atom is -0.628 e. The lowest BCUT2D eigenvalue weighted by Gasteiger charge is -2.39. The summed E-state index contributed by atoms with van der Waals surface area (Å²) in [6.07, 6.45) is 1.39. The van der Waals surface area contributed by atoms with Crippen LogP contribution >= 0.6 is 0 Å². The molecule has 1 fully saturated rings. The van der Waals surface area contributed by atoms with Gasteiger partial charge in [0.25, 0.3) is 0 Å². The summed E-state index contributed by atoms with van der Waals surface area (Å²) >= 11 is 0. The number of hydroxylamine groups is 1. The molecule has 1 aliphatic heterocycles. The van der Waals surface area contributed by atoms with Crippen LogP contribution in [0.3, 0.4) is 0 Å². The van der Waals surface area contributed by atoms with Crippen molar-refractivity contribution in [3.63, 3.8) is 0 Å². The van der Waals surface area contributed by atoms with Gasteiger partial charge in [0.2, 0.25) is 0 Å². The zero-order valence-corrected chi connectivity index (χ0v) is 14.1. The van der Waals surface area contributed by atoms with Gasteiger partial charge in [0.05, 0.1) is 0 Å². The molecule has 0 spiro atoms. The number of carbonyl (C=O) groups excluding carboxylic acids is 1. The lowest BCUT2D eigenvalue weighted by Crippen LogP contribution is -2.86. The number of benzene rings is 2. The monoisotopic (exact) mass is 324 g/mol. The molecule has 0 saturated carbocycles. The fourth-order valence-corrected chi connectivity index (χ4v) is 3.60. The summed E-state index contributed by atoms with van der Waals surface area (Å²) in [4.78, 5) is 14.8. The number of primary amides is 1. The van der Waals surface area contributed by atoms with Crippen molar-refractivity contribution in [1.82, 2.24) is 4.90 Å². The predicted octanol–water partition coefficient (Wildman–Crippen LogP) is 2.12.